The number of ether oxygens (including phenoxy) is 1. The molecule has 1 saturated heterocycles. The molecule has 29 heavy (non-hydrogen) atoms. The number of aromatic nitrogens is 1. The van der Waals surface area contributed by atoms with Crippen LogP contribution in [0.1, 0.15) is 29.0 Å². The van der Waals surface area contributed by atoms with E-state index in [1.807, 2.05) is 21.0 Å². The van der Waals surface area contributed by atoms with Crippen LogP contribution in [-0.2, 0) is 22.5 Å². The van der Waals surface area contributed by atoms with Gasteiger partial charge in [0.2, 0.25) is 0 Å². The molecule has 0 spiro atoms. The molecule has 1 aromatic carbocycles. The van der Waals surface area contributed by atoms with Gasteiger partial charge in [0.1, 0.15) is 5.76 Å². The number of nitrogens with zero attached hydrogens (tertiary/aromatic N) is 2. The summed E-state index contributed by atoms with van der Waals surface area (Å²) < 4.78 is 42.8. The summed E-state index contributed by atoms with van der Waals surface area (Å²) in [6.07, 6.45) is -2.69. The molecule has 1 fully saturated rings. The van der Waals surface area contributed by atoms with Gasteiger partial charge in [0.05, 0.1) is 11.8 Å². The SMILES string of the molecule is CO[C@H]1CCN(Cc2c(C)noc2C)[C@H]1Cc1ccccc1.O=C(O)C(F)(F)F. The van der Waals surface area contributed by atoms with Crippen molar-refractivity contribution in [2.24, 2.45) is 0 Å². The molecule has 0 unspecified atom stereocenters. The Morgan fingerprint density at radius 1 is 1.31 bits per heavy atom. The van der Waals surface area contributed by atoms with Gasteiger partial charge >= 0.3 is 12.1 Å². The topological polar surface area (TPSA) is 75.8 Å². The predicted octanol–water partition coefficient (Wildman–Crippen LogP) is 3.76. The standard InChI is InChI=1S/C18H24N2O2.C2HF3O2/c1-13-16(14(2)22-19-13)12-20-10-9-18(21-3)17(20)11-15-7-5-4-6-8-15;3-2(4,5)1(6)7/h4-8,17-18H,9-12H2,1-3H3;(H,6,7)/t17-,18-;/m0./s1. The number of benzene rings is 1. The van der Waals surface area contributed by atoms with E-state index in [1.54, 1.807) is 0 Å². The zero-order valence-electron chi connectivity index (χ0n) is 16.6. The van der Waals surface area contributed by atoms with E-state index in [4.69, 9.17) is 19.2 Å². The molecule has 2 atom stereocenters. The maximum Gasteiger partial charge on any atom is 0.490 e. The first-order chi connectivity index (χ1) is 13.6. The molecule has 0 amide bonds. The summed E-state index contributed by atoms with van der Waals surface area (Å²) in [5.41, 5.74) is 3.58. The molecule has 0 radical (unpaired) electrons. The number of alkyl halides is 3. The number of hydrogen-bond acceptors (Lipinski definition) is 5. The fourth-order valence-corrected chi connectivity index (χ4v) is 3.40. The van der Waals surface area contributed by atoms with E-state index in [2.05, 4.69) is 40.4 Å². The molecule has 0 saturated carbocycles. The van der Waals surface area contributed by atoms with Crippen molar-refractivity contribution < 1.29 is 32.3 Å². The van der Waals surface area contributed by atoms with Crippen LogP contribution in [-0.4, -0.2) is 53.1 Å². The van der Waals surface area contributed by atoms with Crippen LogP contribution < -0.4 is 0 Å². The first-order valence-electron chi connectivity index (χ1n) is 9.16. The number of halogens is 3. The van der Waals surface area contributed by atoms with Crippen molar-refractivity contribution in [1.82, 2.24) is 10.1 Å². The second-order valence-electron chi connectivity index (χ2n) is 6.90. The van der Waals surface area contributed by atoms with E-state index >= 15 is 0 Å². The highest BCUT2D eigenvalue weighted by Crippen LogP contribution is 2.27. The second-order valence-corrected chi connectivity index (χ2v) is 6.90. The molecule has 9 heteroatoms. The minimum atomic E-state index is -5.08. The van der Waals surface area contributed by atoms with Gasteiger partial charge in [-0.1, -0.05) is 35.5 Å². The summed E-state index contributed by atoms with van der Waals surface area (Å²) in [6, 6.07) is 11.1. The van der Waals surface area contributed by atoms with Crippen molar-refractivity contribution >= 4 is 5.97 Å². The number of aliphatic carboxylic acids is 1. The summed E-state index contributed by atoms with van der Waals surface area (Å²) in [6.45, 7) is 5.95. The lowest BCUT2D eigenvalue weighted by molar-refractivity contribution is -0.192. The van der Waals surface area contributed by atoms with Crippen LogP contribution in [0.15, 0.2) is 34.9 Å². The van der Waals surface area contributed by atoms with Gasteiger partial charge in [0.15, 0.2) is 0 Å². The fraction of sp³-hybridized carbons (Fsp3) is 0.500. The van der Waals surface area contributed by atoms with E-state index in [0.29, 0.717) is 12.1 Å². The maximum absolute atomic E-state index is 10.6. The van der Waals surface area contributed by atoms with Crippen molar-refractivity contribution in [3.63, 3.8) is 0 Å². The molecule has 0 aliphatic carbocycles. The quantitative estimate of drug-likeness (QED) is 0.803. The van der Waals surface area contributed by atoms with E-state index < -0.39 is 12.1 Å². The van der Waals surface area contributed by atoms with Crippen LogP contribution in [0.5, 0.6) is 0 Å². The van der Waals surface area contributed by atoms with Crippen molar-refractivity contribution in [1.29, 1.82) is 0 Å². The van der Waals surface area contributed by atoms with Crippen LogP contribution in [0.2, 0.25) is 0 Å². The Kier molecular flexibility index (Phi) is 7.80. The maximum atomic E-state index is 10.6. The number of carboxylic acid groups (broad SMARTS) is 1. The molecule has 1 N–H and O–H groups in total. The van der Waals surface area contributed by atoms with Crippen LogP contribution in [0.25, 0.3) is 0 Å². The van der Waals surface area contributed by atoms with Gasteiger partial charge in [-0.05, 0) is 32.3 Å². The third-order valence-corrected chi connectivity index (χ3v) is 4.97. The first-order valence-corrected chi connectivity index (χ1v) is 9.16. The molecule has 0 bridgehead atoms. The zero-order valence-corrected chi connectivity index (χ0v) is 16.6. The van der Waals surface area contributed by atoms with Gasteiger partial charge in [0.25, 0.3) is 0 Å². The van der Waals surface area contributed by atoms with Gasteiger partial charge in [-0.3, -0.25) is 4.90 Å². The number of aryl methyl sites for hydroxylation is 2. The number of hydrogen-bond donors (Lipinski definition) is 1. The number of likely N-dealkylation sites (tertiary alicyclic amines) is 1. The average Bonchev–Trinajstić information content (AvgIpc) is 3.20. The number of methoxy groups -OCH3 is 1. The summed E-state index contributed by atoms with van der Waals surface area (Å²) >= 11 is 0. The summed E-state index contributed by atoms with van der Waals surface area (Å²) in [5.74, 6) is -1.83. The van der Waals surface area contributed by atoms with E-state index in [1.165, 1.54) is 11.1 Å². The highest BCUT2D eigenvalue weighted by molar-refractivity contribution is 5.73. The molecule has 6 nitrogen and oxygen atoms in total. The summed E-state index contributed by atoms with van der Waals surface area (Å²) in [7, 11) is 1.82. The van der Waals surface area contributed by atoms with Gasteiger partial charge in [0, 0.05) is 31.8 Å². The smallest absolute Gasteiger partial charge is 0.475 e. The summed E-state index contributed by atoms with van der Waals surface area (Å²) in [4.78, 5) is 11.4. The average molecular weight is 414 g/mol. The Labute approximate surface area is 167 Å². The van der Waals surface area contributed by atoms with Crippen molar-refractivity contribution in [2.75, 3.05) is 13.7 Å². The Hall–Kier alpha value is -2.39. The second kappa shape index (κ2) is 9.89. The summed E-state index contributed by atoms with van der Waals surface area (Å²) in [5, 5.41) is 11.2. The predicted molar refractivity (Wildman–Crippen MR) is 99.4 cm³/mol. The van der Waals surface area contributed by atoms with Gasteiger partial charge < -0.3 is 14.4 Å². The molecular formula is C20H25F3N2O4. The lowest BCUT2D eigenvalue weighted by Gasteiger charge is -2.27. The van der Waals surface area contributed by atoms with Gasteiger partial charge in [-0.2, -0.15) is 13.2 Å². The number of carbonyl (C=O) groups is 1. The van der Waals surface area contributed by atoms with Crippen LogP contribution in [0, 0.1) is 13.8 Å². The van der Waals surface area contributed by atoms with Gasteiger partial charge in [-0.15, -0.1) is 0 Å². The van der Waals surface area contributed by atoms with Crippen molar-refractivity contribution in [3.8, 4) is 0 Å². The molecule has 3 rings (SSSR count). The number of carboxylic acids is 1. The normalized spacial score (nSPS) is 19.7. The lowest BCUT2D eigenvalue weighted by atomic mass is 10.0. The zero-order chi connectivity index (χ0) is 21.6. The van der Waals surface area contributed by atoms with Crippen LogP contribution in [0.3, 0.4) is 0 Å². The fourth-order valence-electron chi connectivity index (χ4n) is 3.40. The minimum Gasteiger partial charge on any atom is -0.475 e. The highest BCUT2D eigenvalue weighted by Gasteiger charge is 2.38. The monoisotopic (exact) mass is 414 g/mol. The van der Waals surface area contributed by atoms with Crippen LogP contribution in [0.4, 0.5) is 13.2 Å². The third-order valence-electron chi connectivity index (χ3n) is 4.97. The van der Waals surface area contributed by atoms with E-state index in [0.717, 1.165) is 37.4 Å². The van der Waals surface area contributed by atoms with Crippen molar-refractivity contribution in [2.45, 2.75) is 51.6 Å². The Bertz CT molecular complexity index is 773. The highest BCUT2D eigenvalue weighted by atomic mass is 19.4. The Morgan fingerprint density at radius 2 is 1.93 bits per heavy atom. The largest absolute Gasteiger partial charge is 0.490 e. The van der Waals surface area contributed by atoms with E-state index in [-0.39, 0.29) is 0 Å². The Balaban J connectivity index is 0.000000370. The first kappa shape index (κ1) is 22.9. The van der Waals surface area contributed by atoms with Crippen molar-refractivity contribution in [3.05, 3.63) is 52.9 Å². The van der Waals surface area contributed by atoms with E-state index in [9.17, 15) is 13.2 Å². The molecule has 2 aromatic rings. The third kappa shape index (κ3) is 6.30. The lowest BCUT2D eigenvalue weighted by Crippen LogP contribution is -2.37. The van der Waals surface area contributed by atoms with Crippen LogP contribution >= 0.6 is 0 Å². The number of rotatable bonds is 5. The molecule has 160 valence electrons. The molecule has 2 heterocycles. The molecular weight excluding hydrogens is 389 g/mol. The van der Waals surface area contributed by atoms with Gasteiger partial charge in [-0.25, -0.2) is 4.79 Å². The molecule has 1 aliphatic rings. The minimum absolute atomic E-state index is 0.292. The molecule has 1 aromatic heterocycles. The molecule has 1 aliphatic heterocycles. The Morgan fingerprint density at radius 3 is 2.41 bits per heavy atom.